The molecule has 0 fully saturated rings. The van der Waals surface area contributed by atoms with Crippen LogP contribution in [0.2, 0.25) is 0 Å². The number of hydrogen-bond donors (Lipinski definition) is 2. The van der Waals surface area contributed by atoms with E-state index in [1.165, 1.54) is 43.1 Å². The summed E-state index contributed by atoms with van der Waals surface area (Å²) in [5.41, 5.74) is 3.34. The Bertz CT molecular complexity index is 1880. The van der Waals surface area contributed by atoms with Crippen LogP contribution < -0.4 is 10.1 Å². The predicted octanol–water partition coefficient (Wildman–Crippen LogP) is 5.22. The summed E-state index contributed by atoms with van der Waals surface area (Å²) in [6.07, 6.45) is 9.28. The largest absolute Gasteiger partial charge is 0.477 e. The Morgan fingerprint density at radius 1 is 1.02 bits per heavy atom. The second-order valence-electron chi connectivity index (χ2n) is 9.83. The molecule has 0 radical (unpaired) electrons. The summed E-state index contributed by atoms with van der Waals surface area (Å²) in [5, 5.41) is 17.6. The van der Waals surface area contributed by atoms with Gasteiger partial charge in [-0.05, 0) is 38.3 Å². The van der Waals surface area contributed by atoms with Gasteiger partial charge < -0.3 is 19.9 Å². The van der Waals surface area contributed by atoms with Crippen molar-refractivity contribution in [1.82, 2.24) is 29.7 Å². The molecule has 4 aromatic heterocycles. The van der Waals surface area contributed by atoms with Gasteiger partial charge in [-0.3, -0.25) is 14.6 Å². The van der Waals surface area contributed by atoms with Crippen LogP contribution in [0.4, 0.5) is 15.9 Å². The van der Waals surface area contributed by atoms with Gasteiger partial charge >= 0.3 is 11.9 Å². The molecular formula is C31H26FN7O5. The minimum Gasteiger partial charge on any atom is -0.477 e. The molecule has 0 amide bonds. The van der Waals surface area contributed by atoms with E-state index in [2.05, 4.69) is 20.3 Å². The summed E-state index contributed by atoms with van der Waals surface area (Å²) < 4.78 is 27.5. The maximum absolute atomic E-state index is 14.5. The van der Waals surface area contributed by atoms with Gasteiger partial charge in [-0.25, -0.2) is 23.9 Å². The highest BCUT2D eigenvalue weighted by Crippen LogP contribution is 2.36. The van der Waals surface area contributed by atoms with Crippen molar-refractivity contribution in [3.05, 3.63) is 101 Å². The number of nitrogens with zero attached hydrogens (tertiary/aromatic N) is 6. The Labute approximate surface area is 250 Å². The van der Waals surface area contributed by atoms with Gasteiger partial charge in [-0.15, -0.1) is 0 Å². The predicted molar refractivity (Wildman–Crippen MR) is 156 cm³/mol. The number of hydrogen-bond acceptors (Lipinski definition) is 10. The zero-order chi connectivity index (χ0) is 30.6. The van der Waals surface area contributed by atoms with Crippen LogP contribution in [0.5, 0.6) is 11.5 Å². The first-order valence-corrected chi connectivity index (χ1v) is 13.9. The van der Waals surface area contributed by atoms with Crippen molar-refractivity contribution in [2.24, 2.45) is 0 Å². The number of pyridine rings is 2. The van der Waals surface area contributed by atoms with E-state index in [4.69, 9.17) is 19.6 Å². The molecule has 0 spiro atoms. The molecule has 44 heavy (non-hydrogen) atoms. The van der Waals surface area contributed by atoms with Gasteiger partial charge in [0.15, 0.2) is 17.4 Å². The molecule has 0 unspecified atom stereocenters. The summed E-state index contributed by atoms with van der Waals surface area (Å²) in [4.78, 5) is 41.7. The van der Waals surface area contributed by atoms with Gasteiger partial charge in [0, 0.05) is 47.7 Å². The number of benzene rings is 1. The topological polar surface area (TPSA) is 154 Å². The molecule has 12 nitrogen and oxygen atoms in total. The number of carbonyl (C=O) groups excluding carboxylic acids is 1. The number of nitrogens with one attached hydrogen (secondary N) is 1. The summed E-state index contributed by atoms with van der Waals surface area (Å²) in [5.74, 6) is -1.63. The third-order valence-electron chi connectivity index (χ3n) is 7.05. The molecular weight excluding hydrogens is 569 g/mol. The van der Waals surface area contributed by atoms with Crippen LogP contribution in [0.3, 0.4) is 0 Å². The third-order valence-corrected chi connectivity index (χ3v) is 7.05. The number of carbonyl (C=O) groups is 2. The Balaban J connectivity index is 1.43. The average molecular weight is 596 g/mol. The molecule has 1 aliphatic rings. The van der Waals surface area contributed by atoms with Crippen molar-refractivity contribution in [2.75, 3.05) is 11.9 Å². The number of aromatic nitrogens is 6. The molecule has 5 aromatic rings. The summed E-state index contributed by atoms with van der Waals surface area (Å²) in [6, 6.07) is 9.56. The zero-order valence-corrected chi connectivity index (χ0v) is 23.5. The van der Waals surface area contributed by atoms with Gasteiger partial charge in [-0.2, -0.15) is 5.10 Å². The van der Waals surface area contributed by atoms with Crippen LogP contribution in [0.1, 0.15) is 50.9 Å². The van der Waals surface area contributed by atoms with E-state index in [-0.39, 0.29) is 53.2 Å². The number of aromatic carboxylic acids is 1. The fourth-order valence-electron chi connectivity index (χ4n) is 5.01. The number of fused-ring (bicyclic) bond motifs is 1. The van der Waals surface area contributed by atoms with Gasteiger partial charge in [0.1, 0.15) is 28.4 Å². The van der Waals surface area contributed by atoms with Crippen molar-refractivity contribution in [1.29, 1.82) is 0 Å². The molecule has 1 aromatic carbocycles. The minimum absolute atomic E-state index is 0.0160. The third kappa shape index (κ3) is 5.67. The van der Waals surface area contributed by atoms with E-state index >= 15 is 0 Å². The lowest BCUT2D eigenvalue weighted by Crippen LogP contribution is -2.10. The first kappa shape index (κ1) is 28.4. The average Bonchev–Trinajstić information content (AvgIpc) is 3.64. The molecule has 13 heteroatoms. The van der Waals surface area contributed by atoms with Crippen LogP contribution in [0.15, 0.2) is 67.4 Å². The van der Waals surface area contributed by atoms with E-state index in [0.717, 1.165) is 30.5 Å². The number of rotatable bonds is 10. The van der Waals surface area contributed by atoms with Crippen molar-refractivity contribution in [3.63, 3.8) is 0 Å². The number of ether oxygens (including phenoxy) is 2. The number of halogens is 1. The first-order chi connectivity index (χ1) is 21.4. The van der Waals surface area contributed by atoms with Gasteiger partial charge in [-0.1, -0.05) is 18.2 Å². The maximum Gasteiger partial charge on any atom is 0.341 e. The fraction of sp³-hybridized carbons (Fsp3) is 0.194. The van der Waals surface area contributed by atoms with Crippen molar-refractivity contribution in [2.45, 2.75) is 32.7 Å². The lowest BCUT2D eigenvalue weighted by Gasteiger charge is -2.15. The van der Waals surface area contributed by atoms with Crippen LogP contribution in [0, 0.1) is 5.82 Å². The Kier molecular flexibility index (Phi) is 7.91. The molecule has 0 bridgehead atoms. The van der Waals surface area contributed by atoms with E-state index in [0.29, 0.717) is 16.9 Å². The molecule has 0 atom stereocenters. The van der Waals surface area contributed by atoms with Gasteiger partial charge in [0.25, 0.3) is 0 Å². The Morgan fingerprint density at radius 2 is 1.82 bits per heavy atom. The highest BCUT2D eigenvalue weighted by molar-refractivity contribution is 5.96. The maximum atomic E-state index is 14.5. The summed E-state index contributed by atoms with van der Waals surface area (Å²) in [7, 11) is 0. The number of esters is 1. The van der Waals surface area contributed by atoms with Crippen LogP contribution >= 0.6 is 0 Å². The van der Waals surface area contributed by atoms with Crippen molar-refractivity contribution < 1.29 is 28.6 Å². The van der Waals surface area contributed by atoms with Crippen LogP contribution in [0.25, 0.3) is 11.5 Å². The molecule has 0 saturated carbocycles. The number of carboxylic acid groups (broad SMARTS) is 1. The highest BCUT2D eigenvalue weighted by Gasteiger charge is 2.27. The van der Waals surface area contributed by atoms with Gasteiger partial charge in [0.05, 0.1) is 25.0 Å². The van der Waals surface area contributed by atoms with Crippen LogP contribution in [-0.4, -0.2) is 53.4 Å². The zero-order valence-electron chi connectivity index (χ0n) is 23.5. The lowest BCUT2D eigenvalue weighted by atomic mass is 10.2. The Hall–Kier alpha value is -5.72. The van der Waals surface area contributed by atoms with Gasteiger partial charge in [0.2, 0.25) is 0 Å². The second kappa shape index (κ2) is 12.3. The molecule has 1 aliphatic carbocycles. The molecule has 2 N–H and O–H groups in total. The smallest absolute Gasteiger partial charge is 0.341 e. The summed E-state index contributed by atoms with van der Waals surface area (Å²) >= 11 is 0. The number of carboxylic acids is 1. The van der Waals surface area contributed by atoms with E-state index in [1.807, 2.05) is 0 Å². The second-order valence-corrected chi connectivity index (χ2v) is 9.83. The summed E-state index contributed by atoms with van der Waals surface area (Å²) in [6.45, 7) is 2.11. The standard InChI is InChI=1S/C31H26FN7O5/c1-2-43-31(42)20-14-33-12-10-23(20)36-28-26(44-25-11-13-34-15-21(25)30(40)41)16-35-29(37-28)27-19-7-5-9-24(19)39(38-27)17-18-6-3-4-8-22(18)32/h3-4,6,8,10-16H,2,5,7,9,17H2,1H3,(H,40,41)(H,33,35,36,37). The molecule has 6 rings (SSSR count). The lowest BCUT2D eigenvalue weighted by molar-refractivity contribution is 0.0526. The van der Waals surface area contributed by atoms with Crippen molar-refractivity contribution in [3.8, 4) is 23.0 Å². The molecule has 222 valence electrons. The fourth-order valence-corrected chi connectivity index (χ4v) is 5.01. The quantitative estimate of drug-likeness (QED) is 0.204. The van der Waals surface area contributed by atoms with Crippen molar-refractivity contribution >= 4 is 23.4 Å². The monoisotopic (exact) mass is 595 g/mol. The SMILES string of the molecule is CCOC(=O)c1cnccc1Nc1nc(-c2nn(Cc3ccccc3F)c3c2CCC3)ncc1Oc1ccncc1C(=O)O. The van der Waals surface area contributed by atoms with E-state index in [9.17, 15) is 19.1 Å². The normalized spacial score (nSPS) is 12.0. The molecule has 0 saturated heterocycles. The van der Waals surface area contributed by atoms with E-state index < -0.39 is 11.9 Å². The minimum atomic E-state index is -1.23. The molecule has 0 aliphatic heterocycles. The number of anilines is 2. The highest BCUT2D eigenvalue weighted by atomic mass is 19.1. The molecule has 4 heterocycles. The van der Waals surface area contributed by atoms with E-state index in [1.54, 1.807) is 35.9 Å². The first-order valence-electron chi connectivity index (χ1n) is 13.9. The Morgan fingerprint density at radius 3 is 2.61 bits per heavy atom. The van der Waals surface area contributed by atoms with Crippen LogP contribution in [-0.2, 0) is 24.1 Å².